The molecule has 2 N–H and O–H groups in total. The molecule has 2 rings (SSSR count). The third-order valence-electron chi connectivity index (χ3n) is 2.17. The summed E-state index contributed by atoms with van der Waals surface area (Å²) < 4.78 is 18.3. The minimum absolute atomic E-state index is 0.128. The van der Waals surface area contributed by atoms with E-state index in [2.05, 4.69) is 0 Å². The van der Waals surface area contributed by atoms with E-state index in [9.17, 15) is 4.39 Å². The van der Waals surface area contributed by atoms with E-state index in [0.717, 1.165) is 5.56 Å². The molecule has 0 saturated heterocycles. The van der Waals surface area contributed by atoms with E-state index in [1.165, 1.54) is 6.07 Å². The van der Waals surface area contributed by atoms with Gasteiger partial charge in [-0.15, -0.1) is 0 Å². The summed E-state index contributed by atoms with van der Waals surface area (Å²) in [6.45, 7) is 1.84. The lowest BCUT2D eigenvalue weighted by atomic mass is 10.1. The number of benzene rings is 1. The van der Waals surface area contributed by atoms with Crippen molar-refractivity contribution in [2.45, 2.75) is 19.1 Å². The monoisotopic (exact) mass is 167 g/mol. The summed E-state index contributed by atoms with van der Waals surface area (Å²) in [5, 5.41) is 0. The predicted octanol–water partition coefficient (Wildman–Crippen LogP) is 1.61. The van der Waals surface area contributed by atoms with Crippen LogP contribution in [0.2, 0.25) is 0 Å². The van der Waals surface area contributed by atoms with E-state index in [4.69, 9.17) is 10.5 Å². The van der Waals surface area contributed by atoms with Crippen molar-refractivity contribution in [3.05, 3.63) is 29.6 Å². The van der Waals surface area contributed by atoms with Crippen molar-refractivity contribution in [3.8, 4) is 5.75 Å². The van der Waals surface area contributed by atoms with Crippen molar-refractivity contribution in [2.75, 3.05) is 0 Å². The normalized spacial score (nSPS) is 26.6. The fourth-order valence-electron chi connectivity index (χ4n) is 1.42. The summed E-state index contributed by atoms with van der Waals surface area (Å²) >= 11 is 0. The second-order valence-electron chi connectivity index (χ2n) is 3.01. The quantitative estimate of drug-likeness (QED) is 0.637. The molecular formula is C9H10FNO. The maximum absolute atomic E-state index is 13.1. The van der Waals surface area contributed by atoms with E-state index in [1.807, 2.05) is 6.92 Å². The van der Waals surface area contributed by atoms with Crippen molar-refractivity contribution < 1.29 is 9.13 Å². The molecular weight excluding hydrogens is 157 g/mol. The molecule has 0 fully saturated rings. The average Bonchev–Trinajstić information content (AvgIpc) is 2.32. The minimum Gasteiger partial charge on any atom is -0.485 e. The molecule has 0 bridgehead atoms. The first-order chi connectivity index (χ1) is 5.70. The molecule has 0 aromatic heterocycles. The van der Waals surface area contributed by atoms with Gasteiger partial charge in [-0.3, -0.25) is 0 Å². The Bertz CT molecular complexity index is 313. The van der Waals surface area contributed by atoms with Crippen LogP contribution in [0.25, 0.3) is 0 Å². The Morgan fingerprint density at radius 3 is 2.92 bits per heavy atom. The Kier molecular flexibility index (Phi) is 1.54. The number of hydrogen-bond donors (Lipinski definition) is 1. The third kappa shape index (κ3) is 0.898. The SMILES string of the molecule is C[C@H]1Oc2c(F)cccc2[C@H]1N. The van der Waals surface area contributed by atoms with Crippen LogP contribution in [-0.4, -0.2) is 6.10 Å². The molecule has 0 radical (unpaired) electrons. The van der Waals surface area contributed by atoms with Gasteiger partial charge in [0.15, 0.2) is 11.6 Å². The summed E-state index contributed by atoms with van der Waals surface area (Å²) in [5.41, 5.74) is 6.53. The van der Waals surface area contributed by atoms with Gasteiger partial charge >= 0.3 is 0 Å². The van der Waals surface area contributed by atoms with Crippen molar-refractivity contribution >= 4 is 0 Å². The summed E-state index contributed by atoms with van der Waals surface area (Å²) in [5.74, 6) is -0.00944. The van der Waals surface area contributed by atoms with Gasteiger partial charge in [0.1, 0.15) is 6.10 Å². The first-order valence-electron chi connectivity index (χ1n) is 3.91. The van der Waals surface area contributed by atoms with Crippen LogP contribution in [0.5, 0.6) is 5.75 Å². The van der Waals surface area contributed by atoms with E-state index in [0.29, 0.717) is 5.75 Å². The highest BCUT2D eigenvalue weighted by Crippen LogP contribution is 2.36. The maximum Gasteiger partial charge on any atom is 0.165 e. The highest BCUT2D eigenvalue weighted by Gasteiger charge is 2.29. The molecule has 1 aromatic rings. The van der Waals surface area contributed by atoms with Gasteiger partial charge in [0.25, 0.3) is 0 Å². The summed E-state index contributed by atoms with van der Waals surface area (Å²) in [6.07, 6.45) is -0.128. The molecule has 0 spiro atoms. The van der Waals surface area contributed by atoms with Crippen molar-refractivity contribution in [1.29, 1.82) is 0 Å². The Hall–Kier alpha value is -1.09. The molecule has 0 amide bonds. The lowest BCUT2D eigenvalue weighted by Gasteiger charge is -2.07. The second-order valence-corrected chi connectivity index (χ2v) is 3.01. The Morgan fingerprint density at radius 2 is 2.25 bits per heavy atom. The first-order valence-corrected chi connectivity index (χ1v) is 3.91. The number of ether oxygens (including phenoxy) is 1. The zero-order chi connectivity index (χ0) is 8.72. The van der Waals surface area contributed by atoms with Crippen LogP contribution in [0, 0.1) is 5.82 Å². The van der Waals surface area contributed by atoms with Crippen LogP contribution < -0.4 is 10.5 Å². The molecule has 12 heavy (non-hydrogen) atoms. The van der Waals surface area contributed by atoms with E-state index in [-0.39, 0.29) is 18.0 Å². The molecule has 0 unspecified atom stereocenters. The van der Waals surface area contributed by atoms with E-state index in [1.54, 1.807) is 12.1 Å². The van der Waals surface area contributed by atoms with Crippen LogP contribution in [0.4, 0.5) is 4.39 Å². The summed E-state index contributed by atoms with van der Waals surface area (Å²) in [7, 11) is 0. The molecule has 3 heteroatoms. The second kappa shape index (κ2) is 2.45. The third-order valence-corrected chi connectivity index (χ3v) is 2.17. The Balaban J connectivity index is 2.53. The zero-order valence-corrected chi connectivity index (χ0v) is 6.75. The van der Waals surface area contributed by atoms with E-state index < -0.39 is 0 Å². The van der Waals surface area contributed by atoms with Crippen LogP contribution >= 0.6 is 0 Å². The Labute approximate surface area is 70.1 Å². The largest absolute Gasteiger partial charge is 0.485 e. The molecule has 0 saturated carbocycles. The molecule has 64 valence electrons. The zero-order valence-electron chi connectivity index (χ0n) is 6.75. The fraction of sp³-hybridized carbons (Fsp3) is 0.333. The van der Waals surface area contributed by atoms with Gasteiger partial charge in [0.05, 0.1) is 6.04 Å². The number of halogens is 1. The van der Waals surface area contributed by atoms with Crippen LogP contribution in [0.1, 0.15) is 18.5 Å². The van der Waals surface area contributed by atoms with Gasteiger partial charge in [0.2, 0.25) is 0 Å². The van der Waals surface area contributed by atoms with Gasteiger partial charge in [-0.05, 0) is 13.0 Å². The lowest BCUT2D eigenvalue weighted by Crippen LogP contribution is -2.21. The molecule has 1 aliphatic rings. The lowest BCUT2D eigenvalue weighted by molar-refractivity contribution is 0.220. The molecule has 0 aliphatic carbocycles. The minimum atomic E-state index is -0.327. The summed E-state index contributed by atoms with van der Waals surface area (Å²) in [6, 6.07) is 4.63. The highest BCUT2D eigenvalue weighted by atomic mass is 19.1. The molecule has 2 atom stereocenters. The van der Waals surface area contributed by atoms with Crippen LogP contribution in [0.3, 0.4) is 0 Å². The Morgan fingerprint density at radius 1 is 1.50 bits per heavy atom. The standard InChI is InChI=1S/C9H10FNO/c1-5-8(11)6-3-2-4-7(10)9(6)12-5/h2-5,8H,11H2,1H3/t5-,8+/m1/s1. The predicted molar refractivity (Wildman–Crippen MR) is 43.4 cm³/mol. The molecule has 2 nitrogen and oxygen atoms in total. The number of rotatable bonds is 0. The van der Waals surface area contributed by atoms with Gasteiger partial charge < -0.3 is 10.5 Å². The van der Waals surface area contributed by atoms with Crippen molar-refractivity contribution in [3.63, 3.8) is 0 Å². The van der Waals surface area contributed by atoms with Crippen LogP contribution in [-0.2, 0) is 0 Å². The van der Waals surface area contributed by atoms with E-state index >= 15 is 0 Å². The average molecular weight is 167 g/mol. The maximum atomic E-state index is 13.1. The topological polar surface area (TPSA) is 35.2 Å². The fourth-order valence-corrected chi connectivity index (χ4v) is 1.42. The number of hydrogen-bond acceptors (Lipinski definition) is 2. The smallest absolute Gasteiger partial charge is 0.165 e. The molecule has 1 aromatic carbocycles. The first kappa shape index (κ1) is 7.55. The van der Waals surface area contributed by atoms with Gasteiger partial charge in [-0.2, -0.15) is 0 Å². The molecule has 1 aliphatic heterocycles. The van der Waals surface area contributed by atoms with Gasteiger partial charge in [-0.25, -0.2) is 4.39 Å². The highest BCUT2D eigenvalue weighted by molar-refractivity contribution is 5.41. The number of para-hydroxylation sites is 1. The van der Waals surface area contributed by atoms with Crippen molar-refractivity contribution in [1.82, 2.24) is 0 Å². The number of fused-ring (bicyclic) bond motifs is 1. The summed E-state index contributed by atoms with van der Waals surface area (Å²) in [4.78, 5) is 0. The number of nitrogens with two attached hydrogens (primary N) is 1. The van der Waals surface area contributed by atoms with Gasteiger partial charge in [-0.1, -0.05) is 12.1 Å². The van der Waals surface area contributed by atoms with Crippen molar-refractivity contribution in [2.24, 2.45) is 5.73 Å². The molecule has 1 heterocycles. The van der Waals surface area contributed by atoms with Crippen LogP contribution in [0.15, 0.2) is 18.2 Å². The van der Waals surface area contributed by atoms with Gasteiger partial charge in [0, 0.05) is 5.56 Å².